The second-order valence-electron chi connectivity index (χ2n) is 11.3. The van der Waals surface area contributed by atoms with Crippen molar-refractivity contribution in [2.45, 2.75) is 52.0 Å². The Balaban J connectivity index is 1.30. The number of carbonyl (C=O) groups is 3. The standard InChI is InChI=1S/C34H40N2O5/c1-34(2,23-25-14-15-25)33(39)35-20-9-21-41-27-18-16-24(17-19-27)22-30(32(38)40-3)36-29-13-8-7-12-28(29)31(37)26-10-5-4-6-11-26/h4-8,10-13,16-19,25,30,36H,9,14-15,20-23H2,1-3H3,(H,35,39). The molecule has 3 aromatic rings. The van der Waals surface area contributed by atoms with Crippen LogP contribution in [0.4, 0.5) is 5.69 Å². The third-order valence-corrected chi connectivity index (χ3v) is 7.37. The van der Waals surface area contributed by atoms with Crippen LogP contribution in [0.25, 0.3) is 0 Å². The predicted octanol–water partition coefficient (Wildman–Crippen LogP) is 5.83. The maximum absolute atomic E-state index is 13.1. The maximum atomic E-state index is 13.1. The number of benzene rings is 3. The number of rotatable bonds is 15. The molecule has 1 aliphatic rings. The number of methoxy groups -OCH3 is 1. The minimum atomic E-state index is -0.690. The number of ether oxygens (including phenoxy) is 2. The minimum Gasteiger partial charge on any atom is -0.494 e. The third-order valence-electron chi connectivity index (χ3n) is 7.37. The van der Waals surface area contributed by atoms with Gasteiger partial charge in [-0.2, -0.15) is 0 Å². The van der Waals surface area contributed by atoms with E-state index in [0.717, 1.165) is 17.7 Å². The van der Waals surface area contributed by atoms with E-state index in [-0.39, 0.29) is 17.1 Å². The van der Waals surface area contributed by atoms with Gasteiger partial charge in [-0.25, -0.2) is 4.79 Å². The first-order valence-electron chi connectivity index (χ1n) is 14.3. The molecule has 0 radical (unpaired) electrons. The first-order chi connectivity index (χ1) is 19.8. The quantitative estimate of drug-likeness (QED) is 0.139. The van der Waals surface area contributed by atoms with Crippen molar-refractivity contribution in [3.63, 3.8) is 0 Å². The fraction of sp³-hybridized carbons (Fsp3) is 0.382. The molecule has 216 valence electrons. The molecule has 1 atom stereocenters. The minimum absolute atomic E-state index is 0.106. The number of hydrogen-bond acceptors (Lipinski definition) is 6. The van der Waals surface area contributed by atoms with E-state index in [2.05, 4.69) is 10.6 Å². The Labute approximate surface area is 242 Å². The van der Waals surface area contributed by atoms with Gasteiger partial charge in [-0.3, -0.25) is 9.59 Å². The second kappa shape index (κ2) is 14.0. The van der Waals surface area contributed by atoms with Crippen molar-refractivity contribution in [1.29, 1.82) is 0 Å². The topological polar surface area (TPSA) is 93.7 Å². The van der Waals surface area contributed by atoms with Crippen LogP contribution in [0, 0.1) is 11.3 Å². The van der Waals surface area contributed by atoms with Crippen molar-refractivity contribution in [3.05, 3.63) is 95.6 Å². The van der Waals surface area contributed by atoms with Gasteiger partial charge in [-0.15, -0.1) is 0 Å². The van der Waals surface area contributed by atoms with E-state index in [1.54, 1.807) is 30.3 Å². The zero-order valence-electron chi connectivity index (χ0n) is 24.2. The van der Waals surface area contributed by atoms with Crippen LogP contribution in [0.1, 0.15) is 61.0 Å². The monoisotopic (exact) mass is 556 g/mol. The molecule has 1 amide bonds. The van der Waals surface area contributed by atoms with Crippen LogP contribution in [0.5, 0.6) is 5.75 Å². The number of carbonyl (C=O) groups excluding carboxylic acids is 3. The zero-order valence-corrected chi connectivity index (χ0v) is 24.2. The van der Waals surface area contributed by atoms with Crippen molar-refractivity contribution in [3.8, 4) is 5.75 Å². The van der Waals surface area contributed by atoms with E-state index in [4.69, 9.17) is 9.47 Å². The van der Waals surface area contributed by atoms with Crippen molar-refractivity contribution in [2.24, 2.45) is 11.3 Å². The first kappa shape index (κ1) is 29.8. The second-order valence-corrected chi connectivity index (χ2v) is 11.3. The van der Waals surface area contributed by atoms with Gasteiger partial charge < -0.3 is 20.1 Å². The van der Waals surface area contributed by atoms with Gasteiger partial charge in [0.15, 0.2) is 5.78 Å². The molecule has 0 aromatic heterocycles. The highest BCUT2D eigenvalue weighted by Crippen LogP contribution is 2.40. The van der Waals surface area contributed by atoms with Crippen LogP contribution in [0.3, 0.4) is 0 Å². The van der Waals surface area contributed by atoms with Gasteiger partial charge in [0.1, 0.15) is 11.8 Å². The lowest BCUT2D eigenvalue weighted by molar-refractivity contribution is -0.141. The van der Waals surface area contributed by atoms with Crippen LogP contribution >= 0.6 is 0 Å². The number of para-hydroxylation sites is 1. The number of anilines is 1. The van der Waals surface area contributed by atoms with E-state index >= 15 is 0 Å². The van der Waals surface area contributed by atoms with Crippen LogP contribution in [-0.2, 0) is 20.7 Å². The van der Waals surface area contributed by atoms with Crippen molar-refractivity contribution < 1.29 is 23.9 Å². The highest BCUT2D eigenvalue weighted by atomic mass is 16.5. The Morgan fingerprint density at radius 3 is 2.29 bits per heavy atom. The Bertz CT molecular complexity index is 1320. The molecule has 0 saturated heterocycles. The summed E-state index contributed by atoms with van der Waals surface area (Å²) < 4.78 is 10.9. The Kier molecular flexibility index (Phi) is 10.2. The normalized spacial score (nSPS) is 13.6. The smallest absolute Gasteiger partial charge is 0.328 e. The van der Waals surface area contributed by atoms with E-state index in [1.807, 2.05) is 62.4 Å². The molecule has 41 heavy (non-hydrogen) atoms. The summed E-state index contributed by atoms with van der Waals surface area (Å²) in [5.74, 6) is 0.987. The van der Waals surface area contributed by atoms with Gasteiger partial charge in [0, 0.05) is 35.2 Å². The summed E-state index contributed by atoms with van der Waals surface area (Å²) in [5, 5.41) is 6.27. The van der Waals surface area contributed by atoms with Crippen LogP contribution < -0.4 is 15.4 Å². The molecule has 0 spiro atoms. The average molecular weight is 557 g/mol. The molecular weight excluding hydrogens is 516 g/mol. The van der Waals surface area contributed by atoms with Gasteiger partial charge in [-0.05, 0) is 48.6 Å². The summed E-state index contributed by atoms with van der Waals surface area (Å²) in [7, 11) is 1.35. The fourth-order valence-electron chi connectivity index (χ4n) is 4.87. The molecule has 2 N–H and O–H groups in total. The van der Waals surface area contributed by atoms with Crippen LogP contribution in [0.2, 0.25) is 0 Å². The van der Waals surface area contributed by atoms with Gasteiger partial charge in [0.05, 0.1) is 13.7 Å². The van der Waals surface area contributed by atoms with Crippen molar-refractivity contribution in [2.75, 3.05) is 25.6 Å². The molecular formula is C34H40N2O5. The number of ketones is 1. The summed E-state index contributed by atoms with van der Waals surface area (Å²) in [5.41, 5.74) is 2.22. The van der Waals surface area contributed by atoms with E-state index in [1.165, 1.54) is 20.0 Å². The summed E-state index contributed by atoms with van der Waals surface area (Å²) in [6.45, 7) is 5.09. The van der Waals surface area contributed by atoms with Crippen LogP contribution in [0.15, 0.2) is 78.9 Å². The van der Waals surface area contributed by atoms with E-state index < -0.39 is 12.0 Å². The molecule has 1 aliphatic carbocycles. The van der Waals surface area contributed by atoms with Gasteiger partial charge in [-0.1, -0.05) is 81.3 Å². The largest absolute Gasteiger partial charge is 0.494 e. The fourth-order valence-corrected chi connectivity index (χ4v) is 4.87. The molecule has 0 bridgehead atoms. The average Bonchev–Trinajstić information content (AvgIpc) is 3.80. The Hall–Kier alpha value is -4.13. The van der Waals surface area contributed by atoms with Gasteiger partial charge >= 0.3 is 5.97 Å². The molecule has 0 heterocycles. The van der Waals surface area contributed by atoms with E-state index in [9.17, 15) is 14.4 Å². The SMILES string of the molecule is COC(=O)C(Cc1ccc(OCCCNC(=O)C(C)(C)CC2CC2)cc1)Nc1ccccc1C(=O)c1ccccc1. The van der Waals surface area contributed by atoms with Crippen molar-refractivity contribution in [1.82, 2.24) is 5.32 Å². The summed E-state index contributed by atoms with van der Waals surface area (Å²) >= 11 is 0. The molecule has 7 nitrogen and oxygen atoms in total. The first-order valence-corrected chi connectivity index (χ1v) is 14.3. The molecule has 0 aliphatic heterocycles. The summed E-state index contributed by atoms with van der Waals surface area (Å²) in [6.07, 6.45) is 4.51. The lowest BCUT2D eigenvalue weighted by Crippen LogP contribution is -2.38. The lowest BCUT2D eigenvalue weighted by Gasteiger charge is -2.23. The summed E-state index contributed by atoms with van der Waals surface area (Å²) in [4.78, 5) is 38.3. The Morgan fingerprint density at radius 2 is 1.61 bits per heavy atom. The lowest BCUT2D eigenvalue weighted by atomic mass is 9.86. The zero-order chi connectivity index (χ0) is 29.2. The number of nitrogens with one attached hydrogen (secondary N) is 2. The summed E-state index contributed by atoms with van der Waals surface area (Å²) in [6, 6.07) is 23.1. The third kappa shape index (κ3) is 8.68. The molecule has 3 aromatic carbocycles. The number of amides is 1. The van der Waals surface area contributed by atoms with Gasteiger partial charge in [0.2, 0.25) is 5.91 Å². The molecule has 4 rings (SSSR count). The molecule has 1 saturated carbocycles. The van der Waals surface area contributed by atoms with E-state index in [0.29, 0.717) is 48.7 Å². The Morgan fingerprint density at radius 1 is 0.927 bits per heavy atom. The van der Waals surface area contributed by atoms with Crippen molar-refractivity contribution >= 4 is 23.3 Å². The predicted molar refractivity (Wildman–Crippen MR) is 160 cm³/mol. The molecule has 7 heteroatoms. The van der Waals surface area contributed by atoms with Crippen LogP contribution in [-0.4, -0.2) is 44.0 Å². The maximum Gasteiger partial charge on any atom is 0.328 e. The van der Waals surface area contributed by atoms with Gasteiger partial charge in [0.25, 0.3) is 0 Å². The highest BCUT2D eigenvalue weighted by Gasteiger charge is 2.35. The molecule has 1 unspecified atom stereocenters. The number of esters is 1. The molecule has 1 fully saturated rings. The number of hydrogen-bond donors (Lipinski definition) is 2. The highest BCUT2D eigenvalue weighted by molar-refractivity contribution is 6.12.